The van der Waals surface area contributed by atoms with Crippen molar-refractivity contribution in [2.45, 2.75) is 38.6 Å². The van der Waals surface area contributed by atoms with Gasteiger partial charge in [0.25, 0.3) is 0 Å². The molecule has 2 aromatic rings. The van der Waals surface area contributed by atoms with E-state index in [1.54, 1.807) is 0 Å². The molecule has 2 nitrogen and oxygen atoms in total. The zero-order chi connectivity index (χ0) is 12.0. The Morgan fingerprint density at radius 3 is 2.71 bits per heavy atom. The van der Waals surface area contributed by atoms with Crippen LogP contribution in [0.1, 0.15) is 50.0 Å². The Morgan fingerprint density at radius 1 is 1.29 bits per heavy atom. The summed E-state index contributed by atoms with van der Waals surface area (Å²) in [5.41, 5.74) is 8.49. The molecule has 3 rings (SSSR count). The van der Waals surface area contributed by atoms with Gasteiger partial charge in [0.15, 0.2) is 0 Å². The summed E-state index contributed by atoms with van der Waals surface area (Å²) in [6, 6.07) is 8.54. The number of furan rings is 1. The lowest BCUT2D eigenvalue weighted by atomic mass is 10.0. The quantitative estimate of drug-likeness (QED) is 0.865. The maximum atomic E-state index is 6.20. The van der Waals surface area contributed by atoms with E-state index in [9.17, 15) is 0 Å². The SMILES string of the molecule is CC(C)c1cccc2cc(C(N)C3CC3)oc12. The standard InChI is InChI=1S/C15H19NO/c1-9(2)12-5-3-4-11-8-13(17-15(11)12)14(16)10-6-7-10/h3-5,8-10,14H,6-7,16H2,1-2H3. The predicted octanol–water partition coefficient (Wildman–Crippen LogP) is 3.97. The monoisotopic (exact) mass is 229 g/mol. The molecule has 1 saturated carbocycles. The highest BCUT2D eigenvalue weighted by molar-refractivity contribution is 5.81. The lowest BCUT2D eigenvalue weighted by Crippen LogP contribution is -2.10. The highest BCUT2D eigenvalue weighted by atomic mass is 16.3. The lowest BCUT2D eigenvalue weighted by molar-refractivity contribution is 0.464. The fraction of sp³-hybridized carbons (Fsp3) is 0.467. The zero-order valence-electron chi connectivity index (χ0n) is 10.4. The van der Waals surface area contributed by atoms with E-state index in [4.69, 9.17) is 10.2 Å². The smallest absolute Gasteiger partial charge is 0.137 e. The first-order chi connectivity index (χ1) is 8.16. The molecule has 0 aliphatic heterocycles. The summed E-state index contributed by atoms with van der Waals surface area (Å²) >= 11 is 0. The van der Waals surface area contributed by atoms with Crippen LogP contribution in [0.3, 0.4) is 0 Å². The Bertz CT molecular complexity index is 537. The van der Waals surface area contributed by atoms with Crippen LogP contribution >= 0.6 is 0 Å². The summed E-state index contributed by atoms with van der Waals surface area (Å²) in [5.74, 6) is 2.07. The minimum atomic E-state index is 0.0856. The molecule has 1 aliphatic rings. The summed E-state index contributed by atoms with van der Waals surface area (Å²) in [7, 11) is 0. The number of para-hydroxylation sites is 1. The molecule has 0 radical (unpaired) electrons. The molecule has 2 heteroatoms. The average Bonchev–Trinajstić information content (AvgIpc) is 3.05. The van der Waals surface area contributed by atoms with Crippen LogP contribution in [0.5, 0.6) is 0 Å². The number of fused-ring (bicyclic) bond motifs is 1. The molecular weight excluding hydrogens is 210 g/mol. The first-order valence-corrected chi connectivity index (χ1v) is 6.44. The van der Waals surface area contributed by atoms with E-state index in [1.165, 1.54) is 23.8 Å². The van der Waals surface area contributed by atoms with Gasteiger partial charge in [-0.15, -0.1) is 0 Å². The topological polar surface area (TPSA) is 39.2 Å². The molecule has 90 valence electrons. The Balaban J connectivity index is 2.08. The molecule has 1 fully saturated rings. The van der Waals surface area contributed by atoms with Crippen molar-refractivity contribution in [3.05, 3.63) is 35.6 Å². The van der Waals surface area contributed by atoms with E-state index in [0.717, 1.165) is 11.3 Å². The summed E-state index contributed by atoms with van der Waals surface area (Å²) < 4.78 is 6.00. The number of hydrogen-bond acceptors (Lipinski definition) is 2. The second-order valence-electron chi connectivity index (χ2n) is 5.43. The van der Waals surface area contributed by atoms with E-state index >= 15 is 0 Å². The Morgan fingerprint density at radius 2 is 2.06 bits per heavy atom. The van der Waals surface area contributed by atoms with Gasteiger partial charge < -0.3 is 10.2 Å². The van der Waals surface area contributed by atoms with Gasteiger partial charge in [0.1, 0.15) is 11.3 Å². The molecule has 1 aliphatic carbocycles. The second kappa shape index (κ2) is 3.88. The van der Waals surface area contributed by atoms with E-state index in [1.807, 2.05) is 0 Å². The zero-order valence-corrected chi connectivity index (χ0v) is 10.4. The van der Waals surface area contributed by atoms with Crippen molar-refractivity contribution in [3.63, 3.8) is 0 Å². The minimum absolute atomic E-state index is 0.0856. The van der Waals surface area contributed by atoms with Crippen LogP contribution in [0.4, 0.5) is 0 Å². The normalized spacial score (nSPS) is 17.9. The first-order valence-electron chi connectivity index (χ1n) is 6.44. The number of nitrogens with two attached hydrogens (primary N) is 1. The Kier molecular flexibility index (Phi) is 2.48. The highest BCUT2D eigenvalue weighted by Gasteiger charge is 2.31. The molecular formula is C15H19NO. The van der Waals surface area contributed by atoms with Crippen LogP contribution < -0.4 is 5.73 Å². The average molecular weight is 229 g/mol. The number of hydrogen-bond donors (Lipinski definition) is 1. The van der Waals surface area contributed by atoms with Crippen LogP contribution in [0.15, 0.2) is 28.7 Å². The molecule has 1 aromatic heterocycles. The molecule has 0 amide bonds. The summed E-state index contributed by atoms with van der Waals surface area (Å²) in [5, 5.41) is 1.18. The van der Waals surface area contributed by atoms with Crippen molar-refractivity contribution < 1.29 is 4.42 Å². The van der Waals surface area contributed by atoms with Crippen molar-refractivity contribution in [1.82, 2.24) is 0 Å². The summed E-state index contributed by atoms with van der Waals surface area (Å²) in [4.78, 5) is 0. The third-order valence-electron chi connectivity index (χ3n) is 3.67. The maximum Gasteiger partial charge on any atom is 0.137 e. The van der Waals surface area contributed by atoms with Gasteiger partial charge >= 0.3 is 0 Å². The molecule has 2 N–H and O–H groups in total. The van der Waals surface area contributed by atoms with Crippen molar-refractivity contribution in [3.8, 4) is 0 Å². The van der Waals surface area contributed by atoms with Crippen LogP contribution in [0.2, 0.25) is 0 Å². The van der Waals surface area contributed by atoms with Crippen LogP contribution in [0.25, 0.3) is 11.0 Å². The van der Waals surface area contributed by atoms with E-state index in [0.29, 0.717) is 11.8 Å². The van der Waals surface area contributed by atoms with Crippen LogP contribution in [-0.2, 0) is 0 Å². The molecule has 1 unspecified atom stereocenters. The second-order valence-corrected chi connectivity index (χ2v) is 5.43. The van der Waals surface area contributed by atoms with Crippen molar-refractivity contribution >= 4 is 11.0 Å². The summed E-state index contributed by atoms with van der Waals surface area (Å²) in [6.07, 6.45) is 2.49. The highest BCUT2D eigenvalue weighted by Crippen LogP contribution is 2.41. The van der Waals surface area contributed by atoms with Crippen molar-refractivity contribution in [1.29, 1.82) is 0 Å². The predicted molar refractivity (Wildman–Crippen MR) is 70.0 cm³/mol. The van der Waals surface area contributed by atoms with Crippen LogP contribution in [0, 0.1) is 5.92 Å². The van der Waals surface area contributed by atoms with Crippen LogP contribution in [-0.4, -0.2) is 0 Å². The Hall–Kier alpha value is -1.28. The van der Waals surface area contributed by atoms with Gasteiger partial charge in [0, 0.05) is 5.39 Å². The molecule has 1 atom stereocenters. The lowest BCUT2D eigenvalue weighted by Gasteiger charge is -2.06. The van der Waals surface area contributed by atoms with Gasteiger partial charge in [0.2, 0.25) is 0 Å². The van der Waals surface area contributed by atoms with Gasteiger partial charge in [-0.05, 0) is 36.3 Å². The molecule has 0 saturated heterocycles. The largest absolute Gasteiger partial charge is 0.459 e. The van der Waals surface area contributed by atoms with Gasteiger partial charge in [-0.3, -0.25) is 0 Å². The van der Waals surface area contributed by atoms with E-state index in [2.05, 4.69) is 38.1 Å². The Labute approximate surface area is 102 Å². The summed E-state index contributed by atoms with van der Waals surface area (Å²) in [6.45, 7) is 4.38. The molecule has 0 spiro atoms. The van der Waals surface area contributed by atoms with Gasteiger partial charge in [-0.25, -0.2) is 0 Å². The third kappa shape index (κ3) is 1.87. The fourth-order valence-electron chi connectivity index (χ4n) is 2.41. The molecule has 17 heavy (non-hydrogen) atoms. The van der Waals surface area contributed by atoms with E-state index in [-0.39, 0.29) is 6.04 Å². The molecule has 0 bridgehead atoms. The first kappa shape index (κ1) is 10.8. The van der Waals surface area contributed by atoms with Crippen molar-refractivity contribution in [2.75, 3.05) is 0 Å². The maximum absolute atomic E-state index is 6.20. The fourth-order valence-corrected chi connectivity index (χ4v) is 2.41. The number of benzene rings is 1. The van der Waals surface area contributed by atoms with Gasteiger partial charge in [-0.1, -0.05) is 32.0 Å². The molecule has 1 aromatic carbocycles. The van der Waals surface area contributed by atoms with E-state index < -0.39 is 0 Å². The third-order valence-corrected chi connectivity index (χ3v) is 3.67. The van der Waals surface area contributed by atoms with Crippen molar-refractivity contribution in [2.24, 2.45) is 11.7 Å². The van der Waals surface area contributed by atoms with Gasteiger partial charge in [-0.2, -0.15) is 0 Å². The molecule has 1 heterocycles. The van der Waals surface area contributed by atoms with Gasteiger partial charge in [0.05, 0.1) is 6.04 Å². The number of rotatable bonds is 3. The minimum Gasteiger partial charge on any atom is -0.459 e.